The van der Waals surface area contributed by atoms with Gasteiger partial charge in [-0.15, -0.1) is 12.4 Å². The Bertz CT molecular complexity index is 841. The summed E-state index contributed by atoms with van der Waals surface area (Å²) in [5.41, 5.74) is 9.93. The second kappa shape index (κ2) is 11.2. The number of nitrogens with zero attached hydrogens (tertiary/aromatic N) is 1. The first-order valence-corrected chi connectivity index (χ1v) is 11.0. The van der Waals surface area contributed by atoms with Crippen molar-refractivity contribution < 1.29 is 0 Å². The van der Waals surface area contributed by atoms with Crippen molar-refractivity contribution in [2.24, 2.45) is 11.1 Å². The molecule has 0 spiro atoms. The number of nitrogen functional groups attached to an aromatic ring is 1. The van der Waals surface area contributed by atoms with Crippen molar-refractivity contribution in [2.45, 2.75) is 70.6 Å². The summed E-state index contributed by atoms with van der Waals surface area (Å²) in [4.78, 5) is 0. The van der Waals surface area contributed by atoms with Crippen molar-refractivity contribution in [3.63, 3.8) is 0 Å². The first-order valence-electron chi connectivity index (χ1n) is 11.0. The molecule has 0 unspecified atom stereocenters. The number of halogens is 1. The van der Waals surface area contributed by atoms with Gasteiger partial charge in [0.15, 0.2) is 0 Å². The van der Waals surface area contributed by atoms with E-state index in [1.165, 1.54) is 36.8 Å². The zero-order valence-electron chi connectivity index (χ0n) is 18.0. The molecule has 4 heteroatoms. The fourth-order valence-corrected chi connectivity index (χ4v) is 4.60. The van der Waals surface area contributed by atoms with E-state index < -0.39 is 0 Å². The van der Waals surface area contributed by atoms with E-state index in [0.717, 1.165) is 43.2 Å². The van der Waals surface area contributed by atoms with Crippen LogP contribution in [0.2, 0.25) is 0 Å². The molecule has 3 nitrogen and oxygen atoms in total. The molecule has 160 valence electrons. The summed E-state index contributed by atoms with van der Waals surface area (Å²) < 4.78 is 0. The van der Waals surface area contributed by atoms with Gasteiger partial charge < -0.3 is 5.73 Å². The van der Waals surface area contributed by atoms with Crippen LogP contribution in [0.15, 0.2) is 48.5 Å². The molecule has 0 aliphatic heterocycles. The van der Waals surface area contributed by atoms with E-state index in [2.05, 4.69) is 37.3 Å². The Morgan fingerprint density at radius 1 is 1.00 bits per heavy atom. The summed E-state index contributed by atoms with van der Waals surface area (Å²) in [6, 6.07) is 19.4. The van der Waals surface area contributed by atoms with Gasteiger partial charge in [-0.1, -0.05) is 81.1 Å². The highest BCUT2D eigenvalue weighted by atomic mass is 35.5. The molecule has 1 fully saturated rings. The molecule has 30 heavy (non-hydrogen) atoms. The van der Waals surface area contributed by atoms with E-state index in [1.807, 2.05) is 24.3 Å². The maximum absolute atomic E-state index is 9.80. The lowest BCUT2D eigenvalue weighted by Gasteiger charge is -2.35. The third kappa shape index (κ3) is 5.86. The third-order valence-corrected chi connectivity index (χ3v) is 6.60. The number of rotatable bonds is 8. The van der Waals surface area contributed by atoms with Crippen molar-refractivity contribution in [3.8, 4) is 17.2 Å². The minimum absolute atomic E-state index is 0. The molecule has 1 aliphatic rings. The van der Waals surface area contributed by atoms with Gasteiger partial charge in [0.25, 0.3) is 0 Å². The van der Waals surface area contributed by atoms with Crippen LogP contribution in [0.4, 0.5) is 0 Å². The smallest absolute Gasteiger partial charge is 0.122 e. The van der Waals surface area contributed by atoms with E-state index >= 15 is 0 Å². The molecule has 0 atom stereocenters. The molecule has 1 saturated carbocycles. The van der Waals surface area contributed by atoms with Crippen molar-refractivity contribution in [2.75, 3.05) is 0 Å². The highest BCUT2D eigenvalue weighted by molar-refractivity contribution is 5.95. The van der Waals surface area contributed by atoms with Gasteiger partial charge in [-0.05, 0) is 54.7 Å². The molecular formula is C26H34ClN3. The maximum atomic E-state index is 9.80. The largest absolute Gasteiger partial charge is 0.384 e. The Hall–Kier alpha value is -2.31. The number of amidine groups is 1. The molecule has 0 bridgehead atoms. The lowest BCUT2D eigenvalue weighted by Crippen LogP contribution is -2.25. The summed E-state index contributed by atoms with van der Waals surface area (Å²) in [7, 11) is 0. The van der Waals surface area contributed by atoms with Gasteiger partial charge in [0.1, 0.15) is 5.84 Å². The minimum atomic E-state index is -0.0807. The zero-order chi connectivity index (χ0) is 20.7. The Morgan fingerprint density at radius 3 is 2.07 bits per heavy atom. The number of nitriles is 1. The van der Waals surface area contributed by atoms with Crippen LogP contribution < -0.4 is 5.73 Å². The first kappa shape index (κ1) is 24.0. The Morgan fingerprint density at radius 2 is 1.57 bits per heavy atom. The molecule has 1 aliphatic carbocycles. The standard InChI is InChI=1S/C26H33N3.ClH/c1-2-3-4-5-16-26(19-27)17-14-23(15-18-26)22-8-6-20(7-9-22)21-10-12-24(13-11-21)25(28)29;/h6-13,23H,2-5,14-18H2,1H3,(H3,28,29);1H. The SMILES string of the molecule is CCCCCCC1(C#N)CCC(c2ccc(-c3ccc(C(=N)N)cc3)cc2)CC1.Cl. The highest BCUT2D eigenvalue weighted by Gasteiger charge is 2.35. The summed E-state index contributed by atoms with van der Waals surface area (Å²) in [6.45, 7) is 2.23. The molecule has 2 aromatic rings. The predicted octanol–water partition coefficient (Wildman–Crippen LogP) is 7.20. The molecule has 0 heterocycles. The Balaban J connectivity index is 0.00000320. The number of hydrogen-bond donors (Lipinski definition) is 2. The minimum Gasteiger partial charge on any atom is -0.384 e. The van der Waals surface area contributed by atoms with E-state index in [1.54, 1.807) is 0 Å². The van der Waals surface area contributed by atoms with Crippen LogP contribution in [0.25, 0.3) is 11.1 Å². The van der Waals surface area contributed by atoms with Crippen molar-refractivity contribution in [1.29, 1.82) is 10.7 Å². The number of benzene rings is 2. The summed E-state index contributed by atoms with van der Waals surface area (Å²) in [5, 5.41) is 17.3. The average molecular weight is 424 g/mol. The van der Waals surface area contributed by atoms with Gasteiger partial charge in [-0.25, -0.2) is 0 Å². The average Bonchev–Trinajstić information content (AvgIpc) is 2.77. The van der Waals surface area contributed by atoms with Crippen molar-refractivity contribution in [3.05, 3.63) is 59.7 Å². The lowest BCUT2D eigenvalue weighted by atomic mass is 9.67. The molecule has 0 amide bonds. The molecular weight excluding hydrogens is 390 g/mol. The predicted molar refractivity (Wildman–Crippen MR) is 128 cm³/mol. The van der Waals surface area contributed by atoms with Crippen LogP contribution in [0.1, 0.15) is 81.8 Å². The van der Waals surface area contributed by atoms with Gasteiger partial charge in [-0.2, -0.15) is 5.26 Å². The molecule has 0 aromatic heterocycles. The number of hydrogen-bond acceptors (Lipinski definition) is 2. The lowest BCUT2D eigenvalue weighted by molar-refractivity contribution is 0.223. The molecule has 3 N–H and O–H groups in total. The second-order valence-electron chi connectivity index (χ2n) is 8.59. The number of unbranched alkanes of at least 4 members (excludes halogenated alkanes) is 3. The Kier molecular flexibility index (Phi) is 8.93. The molecule has 2 aromatic carbocycles. The fraction of sp³-hybridized carbons (Fsp3) is 0.462. The topological polar surface area (TPSA) is 73.7 Å². The van der Waals surface area contributed by atoms with E-state index in [-0.39, 0.29) is 23.7 Å². The monoisotopic (exact) mass is 423 g/mol. The molecule has 0 saturated heterocycles. The highest BCUT2D eigenvalue weighted by Crippen LogP contribution is 2.45. The van der Waals surface area contributed by atoms with Crippen LogP contribution >= 0.6 is 12.4 Å². The third-order valence-electron chi connectivity index (χ3n) is 6.60. The molecule has 3 rings (SSSR count). The van der Waals surface area contributed by atoms with E-state index in [9.17, 15) is 5.26 Å². The van der Waals surface area contributed by atoms with Gasteiger partial charge in [0, 0.05) is 5.56 Å². The van der Waals surface area contributed by atoms with Gasteiger partial charge >= 0.3 is 0 Å². The summed E-state index contributed by atoms with van der Waals surface area (Å²) >= 11 is 0. The maximum Gasteiger partial charge on any atom is 0.122 e. The normalized spacial score (nSPS) is 20.7. The Labute approximate surface area is 187 Å². The van der Waals surface area contributed by atoms with Crippen LogP contribution in [-0.4, -0.2) is 5.84 Å². The first-order chi connectivity index (χ1) is 14.1. The van der Waals surface area contributed by atoms with Crippen LogP contribution in [0.5, 0.6) is 0 Å². The van der Waals surface area contributed by atoms with Crippen LogP contribution in [0.3, 0.4) is 0 Å². The van der Waals surface area contributed by atoms with Gasteiger partial charge in [0.2, 0.25) is 0 Å². The second-order valence-corrected chi connectivity index (χ2v) is 8.59. The van der Waals surface area contributed by atoms with Crippen molar-refractivity contribution >= 4 is 18.2 Å². The zero-order valence-corrected chi connectivity index (χ0v) is 18.8. The molecule has 0 radical (unpaired) electrons. The van der Waals surface area contributed by atoms with Crippen LogP contribution in [-0.2, 0) is 0 Å². The summed E-state index contributed by atoms with van der Waals surface area (Å²) in [6.07, 6.45) is 10.4. The summed E-state index contributed by atoms with van der Waals surface area (Å²) in [5.74, 6) is 0.671. The number of nitrogens with two attached hydrogens (primary N) is 1. The van der Waals surface area contributed by atoms with Gasteiger partial charge in [0.05, 0.1) is 11.5 Å². The van der Waals surface area contributed by atoms with Gasteiger partial charge in [-0.3, -0.25) is 5.41 Å². The fourth-order valence-electron chi connectivity index (χ4n) is 4.60. The van der Waals surface area contributed by atoms with Crippen LogP contribution in [0, 0.1) is 22.2 Å². The number of nitrogens with one attached hydrogen (secondary N) is 1. The van der Waals surface area contributed by atoms with E-state index in [4.69, 9.17) is 11.1 Å². The van der Waals surface area contributed by atoms with E-state index in [0.29, 0.717) is 5.92 Å². The quantitative estimate of drug-likeness (QED) is 0.267. The van der Waals surface area contributed by atoms with Crippen molar-refractivity contribution in [1.82, 2.24) is 0 Å².